The van der Waals surface area contributed by atoms with Crippen molar-refractivity contribution in [1.82, 2.24) is 4.98 Å². The second-order valence-electron chi connectivity index (χ2n) is 5.23. The van der Waals surface area contributed by atoms with Crippen LogP contribution in [-0.4, -0.2) is 23.8 Å². The van der Waals surface area contributed by atoms with Gasteiger partial charge >= 0.3 is 0 Å². The van der Waals surface area contributed by atoms with Crippen LogP contribution in [-0.2, 0) is 0 Å². The number of pyridine rings is 1. The Hall–Kier alpha value is -2.73. The molecule has 6 heteroatoms. The predicted octanol–water partition coefficient (Wildman–Crippen LogP) is 3.63. The molecule has 0 fully saturated rings. The number of aliphatic hydroxyl groups excluding tert-OH is 1. The molecule has 0 bridgehead atoms. The third-order valence-corrected chi connectivity index (χ3v) is 3.65. The molecule has 0 spiro atoms. The van der Waals surface area contributed by atoms with Crippen LogP contribution in [0.15, 0.2) is 48.8 Å². The van der Waals surface area contributed by atoms with E-state index >= 15 is 0 Å². The van der Waals surface area contributed by atoms with Gasteiger partial charge in [-0.1, -0.05) is 6.07 Å². The minimum absolute atomic E-state index is 0.132. The van der Waals surface area contributed by atoms with Crippen LogP contribution < -0.4 is 9.47 Å². The third-order valence-electron chi connectivity index (χ3n) is 3.65. The fourth-order valence-electron chi connectivity index (χ4n) is 2.35. The zero-order valence-electron chi connectivity index (χ0n) is 12.9. The summed E-state index contributed by atoms with van der Waals surface area (Å²) in [6.07, 6.45) is 2.26. The molecule has 0 aliphatic carbocycles. The molecule has 0 saturated heterocycles. The summed E-state index contributed by atoms with van der Waals surface area (Å²) in [5.74, 6) is -1.04. The number of hydrogen-bond donors (Lipinski definition) is 1. The number of fused-ring (bicyclic) bond motifs is 1. The van der Waals surface area contributed by atoms with Gasteiger partial charge in [0.05, 0.1) is 7.11 Å². The molecule has 0 amide bonds. The summed E-state index contributed by atoms with van der Waals surface area (Å²) in [5, 5.41) is 11.9. The van der Waals surface area contributed by atoms with E-state index < -0.39 is 17.7 Å². The van der Waals surface area contributed by atoms with Crippen molar-refractivity contribution in [2.45, 2.75) is 6.10 Å². The van der Waals surface area contributed by atoms with Crippen molar-refractivity contribution in [3.63, 3.8) is 0 Å². The maximum atomic E-state index is 13.2. The van der Waals surface area contributed by atoms with Crippen LogP contribution in [0, 0.1) is 11.6 Å². The van der Waals surface area contributed by atoms with Gasteiger partial charge in [-0.15, -0.1) is 0 Å². The number of hydrogen-bond acceptors (Lipinski definition) is 4. The molecule has 4 nitrogen and oxygen atoms in total. The SMILES string of the molecule is COc1cc2ccncc2cc1OCC(O)c1ccc(F)c(F)c1. The van der Waals surface area contributed by atoms with Gasteiger partial charge in [0.25, 0.3) is 0 Å². The van der Waals surface area contributed by atoms with Gasteiger partial charge < -0.3 is 14.6 Å². The Balaban J connectivity index is 1.80. The van der Waals surface area contributed by atoms with Crippen molar-refractivity contribution in [2.75, 3.05) is 13.7 Å². The summed E-state index contributed by atoms with van der Waals surface area (Å²) < 4.78 is 37.1. The monoisotopic (exact) mass is 331 g/mol. The second kappa shape index (κ2) is 6.80. The van der Waals surface area contributed by atoms with E-state index in [2.05, 4.69) is 4.98 Å². The van der Waals surface area contributed by atoms with Crippen LogP contribution in [0.1, 0.15) is 11.7 Å². The first kappa shape index (κ1) is 16.1. The highest BCUT2D eigenvalue weighted by atomic mass is 19.2. The third kappa shape index (κ3) is 3.28. The first-order valence-corrected chi connectivity index (χ1v) is 7.26. The van der Waals surface area contributed by atoms with Crippen molar-refractivity contribution in [2.24, 2.45) is 0 Å². The lowest BCUT2D eigenvalue weighted by Gasteiger charge is -2.15. The second-order valence-corrected chi connectivity index (χ2v) is 5.23. The van der Waals surface area contributed by atoms with E-state index in [4.69, 9.17) is 9.47 Å². The summed E-state index contributed by atoms with van der Waals surface area (Å²) in [6, 6.07) is 8.63. The molecule has 0 aliphatic rings. The summed E-state index contributed by atoms with van der Waals surface area (Å²) in [6.45, 7) is -0.132. The summed E-state index contributed by atoms with van der Waals surface area (Å²) >= 11 is 0. The van der Waals surface area contributed by atoms with Crippen molar-refractivity contribution < 1.29 is 23.4 Å². The normalized spacial score (nSPS) is 12.2. The van der Waals surface area contributed by atoms with Gasteiger partial charge in [0.1, 0.15) is 12.7 Å². The molecule has 1 unspecified atom stereocenters. The van der Waals surface area contributed by atoms with Crippen molar-refractivity contribution >= 4 is 10.8 Å². The van der Waals surface area contributed by atoms with Crippen LogP contribution in [0.3, 0.4) is 0 Å². The molecule has 3 aromatic rings. The highest BCUT2D eigenvalue weighted by molar-refractivity contribution is 5.85. The molecule has 1 atom stereocenters. The Morgan fingerprint density at radius 3 is 2.58 bits per heavy atom. The number of aromatic nitrogens is 1. The zero-order chi connectivity index (χ0) is 17.1. The number of aliphatic hydroxyl groups is 1. The molecule has 3 rings (SSSR count). The number of ether oxygens (including phenoxy) is 2. The number of rotatable bonds is 5. The Morgan fingerprint density at radius 2 is 1.83 bits per heavy atom. The first-order valence-electron chi connectivity index (χ1n) is 7.26. The lowest BCUT2D eigenvalue weighted by molar-refractivity contribution is 0.106. The largest absolute Gasteiger partial charge is 0.493 e. The van der Waals surface area contributed by atoms with Crippen molar-refractivity contribution in [3.8, 4) is 11.5 Å². The van der Waals surface area contributed by atoms with Crippen molar-refractivity contribution in [1.29, 1.82) is 0 Å². The minimum Gasteiger partial charge on any atom is -0.493 e. The maximum absolute atomic E-state index is 13.2. The van der Waals surface area contributed by atoms with E-state index in [1.807, 2.05) is 6.07 Å². The number of nitrogens with zero attached hydrogens (tertiary/aromatic N) is 1. The number of halogens is 2. The summed E-state index contributed by atoms with van der Waals surface area (Å²) in [7, 11) is 1.51. The molecular formula is C18H15F2NO3. The maximum Gasteiger partial charge on any atom is 0.162 e. The van der Waals surface area contributed by atoms with E-state index in [1.165, 1.54) is 13.2 Å². The number of benzene rings is 2. The molecule has 0 aliphatic heterocycles. The smallest absolute Gasteiger partial charge is 0.162 e. The van der Waals surface area contributed by atoms with Crippen LogP contribution in [0.5, 0.6) is 11.5 Å². The van der Waals surface area contributed by atoms with Gasteiger partial charge in [-0.2, -0.15) is 0 Å². The van der Waals surface area contributed by atoms with E-state index in [0.717, 1.165) is 22.9 Å². The Labute approximate surface area is 137 Å². The fraction of sp³-hybridized carbons (Fsp3) is 0.167. The lowest BCUT2D eigenvalue weighted by Crippen LogP contribution is -2.10. The fourth-order valence-corrected chi connectivity index (χ4v) is 2.35. The van der Waals surface area contributed by atoms with Gasteiger partial charge in [-0.25, -0.2) is 8.78 Å². The van der Waals surface area contributed by atoms with Crippen LogP contribution in [0.25, 0.3) is 10.8 Å². The highest BCUT2D eigenvalue weighted by Gasteiger charge is 2.14. The molecule has 2 aromatic carbocycles. The quantitative estimate of drug-likeness (QED) is 0.776. The molecular weight excluding hydrogens is 316 g/mol. The predicted molar refractivity (Wildman–Crippen MR) is 85.1 cm³/mol. The van der Waals surface area contributed by atoms with E-state index in [1.54, 1.807) is 24.5 Å². The van der Waals surface area contributed by atoms with Crippen LogP contribution >= 0.6 is 0 Å². The minimum atomic E-state index is -1.10. The lowest BCUT2D eigenvalue weighted by atomic mass is 10.1. The first-order chi connectivity index (χ1) is 11.6. The molecule has 1 heterocycles. The van der Waals surface area contributed by atoms with Gasteiger partial charge in [0.2, 0.25) is 0 Å². The van der Waals surface area contributed by atoms with Crippen LogP contribution in [0.4, 0.5) is 8.78 Å². The molecule has 1 aromatic heterocycles. The Bertz CT molecular complexity index is 870. The Morgan fingerprint density at radius 1 is 1.04 bits per heavy atom. The topological polar surface area (TPSA) is 51.6 Å². The van der Waals surface area contributed by atoms with Crippen molar-refractivity contribution in [3.05, 3.63) is 66.0 Å². The zero-order valence-corrected chi connectivity index (χ0v) is 12.9. The van der Waals surface area contributed by atoms with Gasteiger partial charge in [-0.3, -0.25) is 4.98 Å². The molecule has 1 N–H and O–H groups in total. The average Bonchev–Trinajstić information content (AvgIpc) is 2.61. The van der Waals surface area contributed by atoms with E-state index in [-0.39, 0.29) is 12.2 Å². The standard InChI is InChI=1S/C18H15F2NO3/c1-23-17-7-11-4-5-21-9-13(11)8-18(17)24-10-16(22)12-2-3-14(19)15(20)6-12/h2-9,16,22H,10H2,1H3. The molecule has 0 saturated carbocycles. The van der Waals surface area contributed by atoms with Gasteiger partial charge in [0.15, 0.2) is 23.1 Å². The average molecular weight is 331 g/mol. The van der Waals surface area contributed by atoms with E-state index in [9.17, 15) is 13.9 Å². The molecule has 0 radical (unpaired) electrons. The highest BCUT2D eigenvalue weighted by Crippen LogP contribution is 2.32. The van der Waals surface area contributed by atoms with E-state index in [0.29, 0.717) is 11.5 Å². The van der Waals surface area contributed by atoms with Crippen LogP contribution in [0.2, 0.25) is 0 Å². The van der Waals surface area contributed by atoms with Gasteiger partial charge in [-0.05, 0) is 41.3 Å². The Kier molecular flexibility index (Phi) is 4.57. The van der Waals surface area contributed by atoms with Gasteiger partial charge in [0, 0.05) is 17.8 Å². The molecule has 24 heavy (non-hydrogen) atoms. The summed E-state index contributed by atoms with van der Waals surface area (Å²) in [4.78, 5) is 4.05. The summed E-state index contributed by atoms with van der Waals surface area (Å²) in [5.41, 5.74) is 0.232. The number of methoxy groups -OCH3 is 1. The molecule has 124 valence electrons.